The van der Waals surface area contributed by atoms with E-state index in [1.165, 1.54) is 6.92 Å². The summed E-state index contributed by atoms with van der Waals surface area (Å²) in [5.74, 6) is -9.10. The minimum atomic E-state index is -6.88. The molecule has 0 rings (SSSR count). The highest BCUT2D eigenvalue weighted by Gasteiger charge is 2.77. The quantitative estimate of drug-likeness (QED) is 0.527. The molecule has 0 aliphatic heterocycles. The maximum Gasteiger partial charge on any atom is 0.472 e. The Morgan fingerprint density at radius 2 is 1.26 bits per heavy atom. The Hall–Kier alpha value is -1.27. The van der Waals surface area contributed by atoms with Gasteiger partial charge >= 0.3 is 30.5 Å². The van der Waals surface area contributed by atoms with Crippen molar-refractivity contribution in [2.75, 3.05) is 13.6 Å². The Labute approximate surface area is 123 Å². The zero-order valence-corrected chi connectivity index (χ0v) is 11.7. The predicted octanol–water partition coefficient (Wildman–Crippen LogP) is 3.81. The van der Waals surface area contributed by atoms with Crippen LogP contribution in [-0.2, 0) is 4.79 Å². The van der Waals surface area contributed by atoms with Crippen LogP contribution in [0.25, 0.3) is 0 Å². The lowest BCUT2D eigenvalue weighted by Crippen LogP contribution is -2.68. The molecule has 0 aromatic carbocycles. The smallest absolute Gasteiger partial charge is 0.340 e. The molecule has 0 saturated heterocycles. The second-order valence-corrected chi connectivity index (χ2v) is 4.47. The van der Waals surface area contributed by atoms with Gasteiger partial charge in [-0.3, -0.25) is 4.79 Å². The van der Waals surface area contributed by atoms with E-state index in [4.69, 9.17) is 0 Å². The summed E-state index contributed by atoms with van der Waals surface area (Å²) >= 11 is 0. The molecule has 0 unspecified atom stereocenters. The van der Waals surface area contributed by atoms with E-state index in [0.717, 1.165) is 0 Å². The van der Waals surface area contributed by atoms with Gasteiger partial charge in [-0.15, -0.1) is 0 Å². The van der Waals surface area contributed by atoms with Gasteiger partial charge in [0.15, 0.2) is 0 Å². The van der Waals surface area contributed by atoms with Crippen molar-refractivity contribution in [2.45, 2.75) is 44.3 Å². The summed E-state index contributed by atoms with van der Waals surface area (Å²) in [4.78, 5) is 7.57. The number of unbranched alkanes of at least 4 members (excludes halogenated alkanes) is 1. The lowest BCUT2D eigenvalue weighted by Gasteiger charge is -2.37. The fraction of sp³-hybridized carbons (Fsp3) is 0.900. The van der Waals surface area contributed by atoms with Gasteiger partial charge in [0.25, 0.3) is 0 Å². The molecule has 3 nitrogen and oxygen atoms in total. The lowest BCUT2D eigenvalue weighted by molar-refractivity contribution is -0.463. The average molecular weight is 366 g/mol. The third kappa shape index (κ3) is 4.61. The van der Waals surface area contributed by atoms with Crippen molar-refractivity contribution >= 4 is 5.91 Å². The molecule has 13 heteroatoms. The fourth-order valence-corrected chi connectivity index (χ4v) is 1.47. The molecule has 0 aromatic rings. The van der Waals surface area contributed by atoms with Crippen LogP contribution in [0.2, 0.25) is 0 Å². The highest BCUT2D eigenvalue weighted by atomic mass is 19.4. The first kappa shape index (κ1) is 21.7. The molecule has 0 fully saturated rings. The summed E-state index contributed by atoms with van der Waals surface area (Å²) in [7, 11) is 0.563. The minimum Gasteiger partial charge on any atom is -0.340 e. The van der Waals surface area contributed by atoms with Gasteiger partial charge in [0.05, 0.1) is 0 Å². The number of rotatable bonds is 6. The molecule has 0 heterocycles. The molecule has 0 spiro atoms. The first-order chi connectivity index (χ1) is 10.0. The normalized spacial score (nSPS) is 14.3. The maximum atomic E-state index is 13.4. The van der Waals surface area contributed by atoms with Crippen LogP contribution in [0.3, 0.4) is 0 Å². The van der Waals surface area contributed by atoms with Gasteiger partial charge < -0.3 is 4.90 Å². The number of carbonyl (C=O) groups excluding carboxylic acids is 1. The van der Waals surface area contributed by atoms with Crippen LogP contribution in [0, 0.1) is 0 Å². The minimum absolute atomic E-state index is 0.0339. The van der Waals surface area contributed by atoms with Crippen LogP contribution in [-0.4, -0.2) is 53.9 Å². The van der Waals surface area contributed by atoms with Crippen LogP contribution in [0.4, 0.5) is 43.9 Å². The molecule has 23 heavy (non-hydrogen) atoms. The average Bonchev–Trinajstić information content (AvgIpc) is 2.30. The van der Waals surface area contributed by atoms with E-state index < -0.39 is 41.9 Å². The van der Waals surface area contributed by atoms with Crippen LogP contribution in [0.5, 0.6) is 0 Å². The summed E-state index contributed by atoms with van der Waals surface area (Å²) in [6.07, 6.45) is -13.4. The van der Waals surface area contributed by atoms with Gasteiger partial charge in [0.2, 0.25) is 0 Å². The first-order valence-electron chi connectivity index (χ1n) is 5.96. The predicted molar refractivity (Wildman–Crippen MR) is 56.4 cm³/mol. The van der Waals surface area contributed by atoms with Gasteiger partial charge in [0.1, 0.15) is 0 Å². The van der Waals surface area contributed by atoms with E-state index in [0.29, 0.717) is 13.5 Å². The SMILES string of the molecule is CCCCN(C)C(=O)C(F)(F)C(F)(F)N(C(F)(F)F)C(F)(F)F. The summed E-state index contributed by atoms with van der Waals surface area (Å²) < 4.78 is 126. The van der Waals surface area contributed by atoms with Gasteiger partial charge in [0, 0.05) is 13.6 Å². The van der Waals surface area contributed by atoms with E-state index in [1.807, 2.05) is 0 Å². The van der Waals surface area contributed by atoms with E-state index in [2.05, 4.69) is 0 Å². The third-order valence-corrected chi connectivity index (χ3v) is 2.63. The third-order valence-electron chi connectivity index (χ3n) is 2.63. The Morgan fingerprint density at radius 3 is 1.57 bits per heavy atom. The maximum absolute atomic E-state index is 13.4. The molecule has 0 radical (unpaired) electrons. The Balaban J connectivity index is 5.79. The van der Waals surface area contributed by atoms with Crippen LogP contribution < -0.4 is 0 Å². The van der Waals surface area contributed by atoms with Crippen molar-refractivity contribution in [3.63, 3.8) is 0 Å². The number of amides is 1. The number of halogens is 10. The highest BCUT2D eigenvalue weighted by molar-refractivity contribution is 5.84. The van der Waals surface area contributed by atoms with Gasteiger partial charge in [-0.2, -0.15) is 43.9 Å². The van der Waals surface area contributed by atoms with Crippen molar-refractivity contribution < 1.29 is 48.7 Å². The molecule has 0 saturated carbocycles. The molecular formula is C10H12F10N2O. The molecular weight excluding hydrogens is 354 g/mol. The topological polar surface area (TPSA) is 23.6 Å². The number of carbonyl (C=O) groups is 1. The molecule has 0 bridgehead atoms. The van der Waals surface area contributed by atoms with Crippen LogP contribution in [0.15, 0.2) is 0 Å². The largest absolute Gasteiger partial charge is 0.472 e. The molecule has 0 N–H and O–H groups in total. The van der Waals surface area contributed by atoms with E-state index in [-0.39, 0.29) is 11.3 Å². The zero-order chi connectivity index (χ0) is 18.9. The number of hydrogen-bond acceptors (Lipinski definition) is 2. The Kier molecular flexibility index (Phi) is 6.32. The summed E-state index contributed by atoms with van der Waals surface area (Å²) in [6, 6.07) is -6.86. The first-order valence-corrected chi connectivity index (χ1v) is 5.96. The van der Waals surface area contributed by atoms with E-state index in [9.17, 15) is 48.7 Å². The molecule has 138 valence electrons. The standard InChI is InChI=1S/C10H12F10N2O/c1-3-4-5-21(2)6(23)7(11,12)8(13,14)22(9(15,16)17)10(18,19)20/h3-5H2,1-2H3. The van der Waals surface area contributed by atoms with Gasteiger partial charge in [-0.25, -0.2) is 0 Å². The second-order valence-electron chi connectivity index (χ2n) is 4.47. The number of nitrogens with zero attached hydrogens (tertiary/aromatic N) is 2. The summed E-state index contributed by atoms with van der Waals surface area (Å²) in [5.41, 5.74) is 0. The Bertz CT molecular complexity index is 403. The molecule has 0 aliphatic carbocycles. The van der Waals surface area contributed by atoms with E-state index in [1.54, 1.807) is 0 Å². The Morgan fingerprint density at radius 1 is 0.870 bits per heavy atom. The molecule has 1 amide bonds. The van der Waals surface area contributed by atoms with Crippen molar-refractivity contribution in [1.29, 1.82) is 0 Å². The van der Waals surface area contributed by atoms with Crippen LogP contribution in [0.1, 0.15) is 19.8 Å². The monoisotopic (exact) mass is 366 g/mol. The van der Waals surface area contributed by atoms with Gasteiger partial charge in [-0.05, 0) is 6.42 Å². The molecule has 0 aliphatic rings. The van der Waals surface area contributed by atoms with Gasteiger partial charge in [-0.1, -0.05) is 18.2 Å². The number of alkyl halides is 10. The molecule has 0 aromatic heterocycles. The van der Waals surface area contributed by atoms with Crippen LogP contribution >= 0.6 is 0 Å². The summed E-state index contributed by atoms with van der Waals surface area (Å²) in [6.45, 7) is 0.985. The summed E-state index contributed by atoms with van der Waals surface area (Å²) in [5, 5.41) is 0. The fourth-order valence-electron chi connectivity index (χ4n) is 1.47. The lowest BCUT2D eigenvalue weighted by atomic mass is 10.2. The van der Waals surface area contributed by atoms with Crippen molar-refractivity contribution in [3.8, 4) is 0 Å². The van der Waals surface area contributed by atoms with Crippen molar-refractivity contribution in [3.05, 3.63) is 0 Å². The molecule has 0 atom stereocenters. The highest BCUT2D eigenvalue weighted by Crippen LogP contribution is 2.48. The van der Waals surface area contributed by atoms with Crippen molar-refractivity contribution in [1.82, 2.24) is 9.80 Å². The van der Waals surface area contributed by atoms with E-state index >= 15 is 0 Å². The zero-order valence-electron chi connectivity index (χ0n) is 11.7. The van der Waals surface area contributed by atoms with Crippen molar-refractivity contribution in [2.24, 2.45) is 0 Å². The second kappa shape index (κ2) is 6.69. The number of hydrogen-bond donors (Lipinski definition) is 0.